The number of nitrogens with zero attached hydrogens (tertiary/aromatic N) is 2. The van der Waals surface area contributed by atoms with Crippen molar-refractivity contribution in [2.45, 2.75) is 44.7 Å². The summed E-state index contributed by atoms with van der Waals surface area (Å²) in [6, 6.07) is 0. The Morgan fingerprint density at radius 2 is 2.47 bits per heavy atom. The Hall–Kier alpha value is -0.450. The maximum absolute atomic E-state index is 6.11. The molecule has 0 bridgehead atoms. The Kier molecular flexibility index (Phi) is 4.17. The summed E-state index contributed by atoms with van der Waals surface area (Å²) in [6.07, 6.45) is 5.12. The van der Waals surface area contributed by atoms with Gasteiger partial charge in [0.15, 0.2) is 0 Å². The van der Waals surface area contributed by atoms with Crippen LogP contribution in [0.15, 0.2) is 10.9 Å². The van der Waals surface area contributed by atoms with E-state index in [1.807, 2.05) is 5.51 Å². The molecule has 0 aliphatic heterocycles. The first-order valence-corrected chi connectivity index (χ1v) is 7.45. The average Bonchev–Trinajstić information content (AvgIpc) is 2.96. The molecule has 0 spiro atoms. The van der Waals surface area contributed by atoms with Crippen LogP contribution in [0, 0.1) is 5.92 Å². The number of hydrogen-bond donors (Lipinski definition) is 1. The maximum Gasteiger partial charge on any atom is 0.0795 e. The van der Waals surface area contributed by atoms with Gasteiger partial charge in [-0.1, -0.05) is 19.8 Å². The van der Waals surface area contributed by atoms with Crippen molar-refractivity contribution in [3.63, 3.8) is 0 Å². The van der Waals surface area contributed by atoms with Gasteiger partial charge in [0.2, 0.25) is 0 Å². The van der Waals surface area contributed by atoms with Crippen molar-refractivity contribution >= 4 is 11.3 Å². The fraction of sp³-hybridized carbons (Fsp3) is 0.769. The van der Waals surface area contributed by atoms with Gasteiger partial charge in [-0.15, -0.1) is 11.3 Å². The van der Waals surface area contributed by atoms with E-state index in [-0.39, 0.29) is 5.54 Å². The average molecular weight is 253 g/mol. The van der Waals surface area contributed by atoms with Crippen LogP contribution in [-0.4, -0.2) is 29.0 Å². The number of rotatable bonds is 5. The Balaban J connectivity index is 2.11. The molecule has 96 valence electrons. The summed E-state index contributed by atoms with van der Waals surface area (Å²) >= 11 is 1.67. The van der Waals surface area contributed by atoms with E-state index in [0.29, 0.717) is 0 Å². The van der Waals surface area contributed by atoms with E-state index in [9.17, 15) is 0 Å². The summed E-state index contributed by atoms with van der Waals surface area (Å²) in [6.45, 7) is 3.99. The molecule has 4 heteroatoms. The minimum absolute atomic E-state index is 0.207. The van der Waals surface area contributed by atoms with E-state index >= 15 is 0 Å². The van der Waals surface area contributed by atoms with Crippen LogP contribution in [0.5, 0.6) is 0 Å². The number of likely N-dealkylation sites (N-methyl/N-ethyl adjacent to an activating group) is 1. The number of nitrogens with two attached hydrogens (primary N) is 1. The van der Waals surface area contributed by atoms with Gasteiger partial charge in [-0.05, 0) is 25.8 Å². The lowest BCUT2D eigenvalue weighted by molar-refractivity contribution is 0.0737. The van der Waals surface area contributed by atoms with Crippen molar-refractivity contribution in [2.24, 2.45) is 11.7 Å². The van der Waals surface area contributed by atoms with Crippen LogP contribution in [0.4, 0.5) is 0 Å². The number of aromatic nitrogens is 1. The van der Waals surface area contributed by atoms with Crippen molar-refractivity contribution in [3.05, 3.63) is 16.6 Å². The summed E-state index contributed by atoms with van der Waals surface area (Å²) in [5.41, 5.74) is 9.39. The lowest BCUT2D eigenvalue weighted by atomic mass is 9.83. The van der Waals surface area contributed by atoms with Crippen molar-refractivity contribution < 1.29 is 0 Å². The molecule has 2 N–H and O–H groups in total. The van der Waals surface area contributed by atoms with Gasteiger partial charge >= 0.3 is 0 Å². The Morgan fingerprint density at radius 3 is 3.06 bits per heavy atom. The molecule has 0 radical (unpaired) electrons. The van der Waals surface area contributed by atoms with Crippen molar-refractivity contribution in [2.75, 3.05) is 13.6 Å². The van der Waals surface area contributed by atoms with Crippen molar-refractivity contribution in [3.8, 4) is 0 Å². The van der Waals surface area contributed by atoms with Gasteiger partial charge in [0, 0.05) is 24.0 Å². The largest absolute Gasteiger partial charge is 0.329 e. The quantitative estimate of drug-likeness (QED) is 0.876. The predicted octanol–water partition coefficient (Wildman–Crippen LogP) is 2.48. The van der Waals surface area contributed by atoms with Crippen LogP contribution < -0.4 is 5.73 Å². The summed E-state index contributed by atoms with van der Waals surface area (Å²) in [5.74, 6) is 0.746. The highest BCUT2D eigenvalue weighted by Gasteiger charge is 2.43. The van der Waals surface area contributed by atoms with Crippen LogP contribution >= 0.6 is 11.3 Å². The second kappa shape index (κ2) is 5.46. The molecule has 1 aromatic rings. The summed E-state index contributed by atoms with van der Waals surface area (Å²) in [7, 11) is 2.21. The molecular weight excluding hydrogens is 230 g/mol. The molecule has 2 unspecified atom stereocenters. The van der Waals surface area contributed by atoms with E-state index < -0.39 is 0 Å². The lowest BCUT2D eigenvalue weighted by Gasteiger charge is -2.42. The minimum Gasteiger partial charge on any atom is -0.329 e. The highest BCUT2D eigenvalue weighted by molar-refractivity contribution is 7.07. The summed E-state index contributed by atoms with van der Waals surface area (Å²) < 4.78 is 0. The molecule has 1 aliphatic carbocycles. The van der Waals surface area contributed by atoms with Crippen LogP contribution in [0.3, 0.4) is 0 Å². The Morgan fingerprint density at radius 1 is 1.65 bits per heavy atom. The third-order valence-electron chi connectivity index (χ3n) is 4.41. The molecule has 1 saturated carbocycles. The van der Waals surface area contributed by atoms with Crippen molar-refractivity contribution in [1.29, 1.82) is 0 Å². The molecule has 2 rings (SSSR count). The lowest BCUT2D eigenvalue weighted by Crippen LogP contribution is -2.54. The molecular formula is C13H23N3S. The van der Waals surface area contributed by atoms with E-state index in [1.165, 1.54) is 31.4 Å². The number of thiazole rings is 1. The third-order valence-corrected chi connectivity index (χ3v) is 5.05. The zero-order valence-electron chi connectivity index (χ0n) is 10.9. The van der Waals surface area contributed by atoms with Gasteiger partial charge in [0.25, 0.3) is 0 Å². The smallest absolute Gasteiger partial charge is 0.0795 e. The fourth-order valence-electron chi connectivity index (χ4n) is 3.35. The molecule has 17 heavy (non-hydrogen) atoms. The highest BCUT2D eigenvalue weighted by atomic mass is 32.1. The first kappa shape index (κ1) is 13.0. The molecule has 0 amide bonds. The van der Waals surface area contributed by atoms with Gasteiger partial charge in [0.1, 0.15) is 0 Å². The van der Waals surface area contributed by atoms with E-state index in [1.54, 1.807) is 11.3 Å². The van der Waals surface area contributed by atoms with Gasteiger partial charge in [0.05, 0.1) is 11.2 Å². The second-order valence-corrected chi connectivity index (χ2v) is 5.86. The Labute approximate surface area is 108 Å². The predicted molar refractivity (Wildman–Crippen MR) is 73.0 cm³/mol. The van der Waals surface area contributed by atoms with Gasteiger partial charge in [-0.3, -0.25) is 4.90 Å². The zero-order chi connectivity index (χ0) is 12.3. The van der Waals surface area contributed by atoms with E-state index in [2.05, 4.69) is 29.2 Å². The minimum atomic E-state index is 0.207. The molecule has 1 aromatic heterocycles. The molecule has 0 aromatic carbocycles. The van der Waals surface area contributed by atoms with E-state index in [0.717, 1.165) is 19.0 Å². The monoisotopic (exact) mass is 253 g/mol. The summed E-state index contributed by atoms with van der Waals surface area (Å²) in [5, 5.41) is 2.14. The number of hydrogen-bond acceptors (Lipinski definition) is 4. The maximum atomic E-state index is 6.11. The SMILES string of the molecule is CCC1CCCC1(CN)N(C)Cc1cscn1. The fourth-order valence-corrected chi connectivity index (χ4v) is 3.90. The molecule has 2 atom stereocenters. The second-order valence-electron chi connectivity index (χ2n) is 5.14. The molecule has 1 fully saturated rings. The van der Waals surface area contributed by atoms with Gasteiger partial charge in [-0.2, -0.15) is 0 Å². The normalized spacial score (nSPS) is 29.1. The highest BCUT2D eigenvalue weighted by Crippen LogP contribution is 2.41. The topological polar surface area (TPSA) is 42.1 Å². The summed E-state index contributed by atoms with van der Waals surface area (Å²) in [4.78, 5) is 6.83. The molecule has 0 saturated heterocycles. The van der Waals surface area contributed by atoms with Crippen LogP contribution in [-0.2, 0) is 6.54 Å². The van der Waals surface area contributed by atoms with Gasteiger partial charge in [-0.25, -0.2) is 4.98 Å². The Bertz CT molecular complexity index is 338. The first-order valence-electron chi connectivity index (χ1n) is 6.51. The van der Waals surface area contributed by atoms with Crippen molar-refractivity contribution in [1.82, 2.24) is 9.88 Å². The van der Waals surface area contributed by atoms with Crippen LogP contribution in [0.2, 0.25) is 0 Å². The molecule has 3 nitrogen and oxygen atoms in total. The standard InChI is InChI=1S/C13H23N3S/c1-3-11-5-4-6-13(11,9-14)16(2)7-12-8-17-10-15-12/h8,10-11H,3-7,9,14H2,1-2H3. The zero-order valence-corrected chi connectivity index (χ0v) is 11.7. The first-order chi connectivity index (χ1) is 8.23. The van der Waals surface area contributed by atoms with E-state index in [4.69, 9.17) is 5.73 Å². The molecule has 1 heterocycles. The van der Waals surface area contributed by atoms with Crippen LogP contribution in [0.1, 0.15) is 38.3 Å². The van der Waals surface area contributed by atoms with Gasteiger partial charge < -0.3 is 5.73 Å². The molecule has 1 aliphatic rings. The third kappa shape index (κ3) is 2.39. The van der Waals surface area contributed by atoms with Crippen LogP contribution in [0.25, 0.3) is 0 Å².